The van der Waals surface area contributed by atoms with E-state index in [1.165, 1.54) is 0 Å². The van der Waals surface area contributed by atoms with Crippen LogP contribution in [0.5, 0.6) is 5.88 Å². The molecule has 0 saturated heterocycles. The fourth-order valence-corrected chi connectivity index (χ4v) is 3.76. The summed E-state index contributed by atoms with van der Waals surface area (Å²) < 4.78 is 5.53. The van der Waals surface area contributed by atoms with E-state index in [-0.39, 0.29) is 5.91 Å². The van der Waals surface area contributed by atoms with Gasteiger partial charge in [-0.15, -0.1) is 11.8 Å². The Morgan fingerprint density at radius 2 is 2.17 bits per heavy atom. The number of pyridine rings is 1. The number of hydrogen-bond donors (Lipinski definition) is 0. The van der Waals surface area contributed by atoms with Crippen LogP contribution in [0.15, 0.2) is 47.5 Å². The van der Waals surface area contributed by atoms with E-state index < -0.39 is 0 Å². The van der Waals surface area contributed by atoms with Crippen LogP contribution in [-0.2, 0) is 0 Å². The summed E-state index contributed by atoms with van der Waals surface area (Å²) in [7, 11) is 0. The van der Waals surface area contributed by atoms with E-state index in [1.54, 1.807) is 18.3 Å². The summed E-state index contributed by atoms with van der Waals surface area (Å²) in [6, 6.07) is 11.6. The highest BCUT2D eigenvalue weighted by Gasteiger charge is 2.27. The van der Waals surface area contributed by atoms with Gasteiger partial charge in [0.05, 0.1) is 12.3 Å². The van der Waals surface area contributed by atoms with Crippen molar-refractivity contribution in [2.75, 3.05) is 18.1 Å². The number of hydrogen-bond acceptors (Lipinski definition) is 4. The lowest BCUT2D eigenvalue weighted by atomic mass is 10.2. The Bertz CT molecular complexity index is 705. The van der Waals surface area contributed by atoms with E-state index in [2.05, 4.69) is 18.0 Å². The maximum absolute atomic E-state index is 13.1. The van der Waals surface area contributed by atoms with Crippen LogP contribution in [0.3, 0.4) is 0 Å². The van der Waals surface area contributed by atoms with Crippen molar-refractivity contribution in [1.29, 1.82) is 0 Å². The number of fused-ring (bicyclic) bond motifs is 1. The molecule has 1 aromatic heterocycles. The molecule has 0 aliphatic carbocycles. The zero-order chi connectivity index (χ0) is 16.2. The second-order valence-corrected chi connectivity index (χ2v) is 6.91. The second-order valence-electron chi connectivity index (χ2n) is 5.43. The molecule has 0 bridgehead atoms. The average Bonchev–Trinajstić information content (AvgIpc) is 2.73. The number of rotatable bonds is 3. The Labute approximate surface area is 140 Å². The van der Waals surface area contributed by atoms with Crippen LogP contribution in [0.1, 0.15) is 30.6 Å². The summed E-state index contributed by atoms with van der Waals surface area (Å²) in [4.78, 5) is 20.3. The summed E-state index contributed by atoms with van der Waals surface area (Å²) in [6.07, 6.45) is 2.60. The highest BCUT2D eigenvalue weighted by molar-refractivity contribution is 8.00. The maximum atomic E-state index is 13.1. The summed E-state index contributed by atoms with van der Waals surface area (Å²) >= 11 is 1.82. The van der Waals surface area contributed by atoms with Crippen molar-refractivity contribution in [2.45, 2.75) is 30.4 Å². The molecule has 0 saturated carbocycles. The molecular weight excluding hydrogens is 308 g/mol. The number of anilines is 1. The predicted octanol–water partition coefficient (Wildman–Crippen LogP) is 4.01. The van der Waals surface area contributed by atoms with Crippen molar-refractivity contribution in [3.8, 4) is 5.88 Å². The lowest BCUT2D eigenvalue weighted by Crippen LogP contribution is -2.32. The zero-order valence-electron chi connectivity index (χ0n) is 13.4. The Balaban J connectivity index is 1.99. The molecule has 1 atom stereocenters. The number of aromatic nitrogens is 1. The molecule has 5 heteroatoms. The number of amides is 1. The molecule has 4 nitrogen and oxygen atoms in total. The predicted molar refractivity (Wildman–Crippen MR) is 93.5 cm³/mol. The van der Waals surface area contributed by atoms with Gasteiger partial charge in [-0.1, -0.05) is 19.1 Å². The van der Waals surface area contributed by atoms with Gasteiger partial charge >= 0.3 is 0 Å². The van der Waals surface area contributed by atoms with Gasteiger partial charge in [0.25, 0.3) is 5.91 Å². The fourth-order valence-electron chi connectivity index (χ4n) is 2.65. The first-order valence-electron chi connectivity index (χ1n) is 7.86. The molecule has 1 aliphatic rings. The van der Waals surface area contributed by atoms with E-state index in [0.717, 1.165) is 17.0 Å². The van der Waals surface area contributed by atoms with Crippen LogP contribution in [0.2, 0.25) is 0 Å². The number of para-hydroxylation sites is 1. The van der Waals surface area contributed by atoms with Gasteiger partial charge in [-0.05, 0) is 37.6 Å². The molecule has 3 rings (SSSR count). The van der Waals surface area contributed by atoms with Crippen LogP contribution < -0.4 is 9.64 Å². The number of benzene rings is 1. The molecular formula is C18H20N2O2S. The summed E-state index contributed by atoms with van der Waals surface area (Å²) in [5, 5.41) is 0.481. The van der Waals surface area contributed by atoms with Crippen LogP contribution in [-0.4, -0.2) is 29.3 Å². The molecule has 1 unspecified atom stereocenters. The van der Waals surface area contributed by atoms with Crippen LogP contribution in [0.4, 0.5) is 5.69 Å². The molecule has 2 aromatic rings. The molecule has 1 amide bonds. The number of carbonyl (C=O) groups is 1. The van der Waals surface area contributed by atoms with Gasteiger partial charge in [0.15, 0.2) is 0 Å². The van der Waals surface area contributed by atoms with Crippen molar-refractivity contribution in [1.82, 2.24) is 4.98 Å². The number of ether oxygens (including phenoxy) is 1. The number of thioether (sulfide) groups is 1. The highest BCUT2D eigenvalue weighted by Crippen LogP contribution is 2.38. The van der Waals surface area contributed by atoms with Gasteiger partial charge in [0.2, 0.25) is 5.88 Å². The Morgan fingerprint density at radius 1 is 1.35 bits per heavy atom. The monoisotopic (exact) mass is 328 g/mol. The van der Waals surface area contributed by atoms with E-state index in [0.29, 0.717) is 29.8 Å². The smallest absolute Gasteiger partial charge is 0.263 e. The van der Waals surface area contributed by atoms with Crippen molar-refractivity contribution in [3.63, 3.8) is 0 Å². The molecule has 23 heavy (non-hydrogen) atoms. The van der Waals surface area contributed by atoms with Gasteiger partial charge < -0.3 is 9.64 Å². The number of nitrogens with zero attached hydrogens (tertiary/aromatic N) is 2. The fraction of sp³-hybridized carbons (Fsp3) is 0.333. The third-order valence-corrected chi connectivity index (χ3v) is 5.01. The summed E-state index contributed by atoms with van der Waals surface area (Å²) in [6.45, 7) is 5.28. The van der Waals surface area contributed by atoms with Crippen LogP contribution in [0, 0.1) is 0 Å². The molecule has 2 heterocycles. The molecule has 0 radical (unpaired) electrons. The normalized spacial score (nSPS) is 17.3. The molecule has 1 aliphatic heterocycles. The molecule has 0 spiro atoms. The highest BCUT2D eigenvalue weighted by atomic mass is 32.2. The van der Waals surface area contributed by atoms with E-state index in [9.17, 15) is 4.79 Å². The van der Waals surface area contributed by atoms with Crippen LogP contribution in [0.25, 0.3) is 0 Å². The molecule has 120 valence electrons. The first-order chi connectivity index (χ1) is 11.2. The quantitative estimate of drug-likeness (QED) is 0.854. The van der Waals surface area contributed by atoms with Crippen molar-refractivity contribution < 1.29 is 9.53 Å². The van der Waals surface area contributed by atoms with Crippen LogP contribution >= 0.6 is 11.8 Å². The number of carbonyl (C=O) groups excluding carboxylic acids is 1. The Morgan fingerprint density at radius 3 is 3.00 bits per heavy atom. The van der Waals surface area contributed by atoms with E-state index in [4.69, 9.17) is 4.74 Å². The standard InChI is InChI=1S/C18H20N2O2S/c1-3-22-17-14(7-6-11-19-17)18(21)20-12-10-13(2)23-16-9-5-4-8-15(16)20/h4-9,11,13H,3,10,12H2,1-2H3. The lowest BCUT2D eigenvalue weighted by molar-refractivity contribution is 0.0982. The van der Waals surface area contributed by atoms with Gasteiger partial charge in [0, 0.05) is 22.9 Å². The Kier molecular flexibility index (Phi) is 4.86. The minimum atomic E-state index is -0.0521. The van der Waals surface area contributed by atoms with Gasteiger partial charge in [-0.3, -0.25) is 4.79 Å². The second kappa shape index (κ2) is 7.04. The first kappa shape index (κ1) is 15.9. The van der Waals surface area contributed by atoms with Gasteiger partial charge in [0.1, 0.15) is 5.56 Å². The van der Waals surface area contributed by atoms with Crippen molar-refractivity contribution >= 4 is 23.4 Å². The molecule has 0 N–H and O–H groups in total. The zero-order valence-corrected chi connectivity index (χ0v) is 14.2. The van der Waals surface area contributed by atoms with Crippen molar-refractivity contribution in [2.24, 2.45) is 0 Å². The minimum Gasteiger partial charge on any atom is -0.477 e. The lowest BCUT2D eigenvalue weighted by Gasteiger charge is -2.23. The van der Waals surface area contributed by atoms with Crippen molar-refractivity contribution in [3.05, 3.63) is 48.2 Å². The minimum absolute atomic E-state index is 0.0521. The maximum Gasteiger partial charge on any atom is 0.263 e. The van der Waals surface area contributed by atoms with E-state index in [1.807, 2.05) is 41.8 Å². The first-order valence-corrected chi connectivity index (χ1v) is 8.74. The van der Waals surface area contributed by atoms with Gasteiger partial charge in [-0.25, -0.2) is 4.98 Å². The summed E-state index contributed by atoms with van der Waals surface area (Å²) in [5.74, 6) is 0.353. The molecule has 0 fully saturated rings. The van der Waals surface area contributed by atoms with E-state index >= 15 is 0 Å². The van der Waals surface area contributed by atoms with Gasteiger partial charge in [-0.2, -0.15) is 0 Å². The average molecular weight is 328 g/mol. The Hall–Kier alpha value is -2.01. The topological polar surface area (TPSA) is 42.4 Å². The SMILES string of the molecule is CCOc1ncccc1C(=O)N1CCC(C)Sc2ccccc21. The third-order valence-electron chi connectivity index (χ3n) is 3.77. The third kappa shape index (κ3) is 3.34. The molecule has 1 aromatic carbocycles. The summed E-state index contributed by atoms with van der Waals surface area (Å²) in [5.41, 5.74) is 1.49. The largest absolute Gasteiger partial charge is 0.477 e.